The minimum atomic E-state index is 0.572. The predicted octanol–water partition coefficient (Wildman–Crippen LogP) is 1.99. The summed E-state index contributed by atoms with van der Waals surface area (Å²) in [6.45, 7) is 4.76. The van der Waals surface area contributed by atoms with E-state index in [0.717, 1.165) is 53.0 Å². The fraction of sp³-hybridized carbons (Fsp3) is 0.312. The van der Waals surface area contributed by atoms with Crippen LogP contribution in [0.15, 0.2) is 29.9 Å². The summed E-state index contributed by atoms with van der Waals surface area (Å²) in [5.74, 6) is 3.26. The third-order valence-electron chi connectivity index (χ3n) is 4.51. The van der Waals surface area contributed by atoms with Gasteiger partial charge in [-0.1, -0.05) is 0 Å². The van der Waals surface area contributed by atoms with Gasteiger partial charge in [0.15, 0.2) is 11.5 Å². The Morgan fingerprint density at radius 3 is 3.04 bits per heavy atom. The van der Waals surface area contributed by atoms with Crippen molar-refractivity contribution in [2.24, 2.45) is 5.92 Å². The Kier molecular flexibility index (Phi) is 3.27. The molecule has 0 amide bonds. The molecule has 0 aliphatic carbocycles. The van der Waals surface area contributed by atoms with Gasteiger partial charge in [-0.25, -0.2) is 9.97 Å². The molecule has 0 bridgehead atoms. The zero-order chi connectivity index (χ0) is 16.8. The van der Waals surface area contributed by atoms with E-state index in [4.69, 9.17) is 0 Å². The second kappa shape index (κ2) is 5.62. The van der Waals surface area contributed by atoms with Gasteiger partial charge in [-0.2, -0.15) is 4.52 Å². The van der Waals surface area contributed by atoms with Crippen molar-refractivity contribution >= 4 is 38.8 Å². The summed E-state index contributed by atoms with van der Waals surface area (Å²) < 4.78 is 1.79. The van der Waals surface area contributed by atoms with E-state index in [1.807, 2.05) is 24.4 Å². The Balaban J connectivity index is 1.24. The lowest BCUT2D eigenvalue weighted by Crippen LogP contribution is -2.50. The summed E-state index contributed by atoms with van der Waals surface area (Å²) >= 11 is 1.64. The van der Waals surface area contributed by atoms with Crippen LogP contribution in [0.4, 0.5) is 11.6 Å². The summed E-state index contributed by atoms with van der Waals surface area (Å²) in [5, 5.41) is 19.4. The maximum atomic E-state index is 4.62. The molecule has 8 nitrogen and oxygen atoms in total. The lowest BCUT2D eigenvalue weighted by atomic mass is 10.0. The molecule has 126 valence electrons. The van der Waals surface area contributed by atoms with E-state index in [2.05, 4.69) is 41.5 Å². The highest BCUT2D eigenvalue weighted by atomic mass is 32.1. The lowest BCUT2D eigenvalue weighted by molar-refractivity contribution is 0.424. The van der Waals surface area contributed by atoms with Gasteiger partial charge >= 0.3 is 0 Å². The molecule has 4 aromatic rings. The van der Waals surface area contributed by atoms with Crippen LogP contribution in [0.3, 0.4) is 0 Å². The summed E-state index contributed by atoms with van der Waals surface area (Å²) in [5.41, 5.74) is 0.781. The number of fused-ring (bicyclic) bond motifs is 2. The largest absolute Gasteiger partial charge is 0.369 e. The Morgan fingerprint density at radius 1 is 1.20 bits per heavy atom. The van der Waals surface area contributed by atoms with Crippen molar-refractivity contribution in [2.75, 3.05) is 29.9 Å². The van der Waals surface area contributed by atoms with Crippen LogP contribution in [-0.4, -0.2) is 49.4 Å². The van der Waals surface area contributed by atoms with E-state index >= 15 is 0 Å². The Morgan fingerprint density at radius 2 is 2.12 bits per heavy atom. The van der Waals surface area contributed by atoms with Crippen LogP contribution in [0.25, 0.3) is 15.9 Å². The molecule has 4 aromatic heterocycles. The van der Waals surface area contributed by atoms with Gasteiger partial charge in [0.1, 0.15) is 22.8 Å². The number of aryl methyl sites for hydroxylation is 1. The maximum Gasteiger partial charge on any atom is 0.178 e. The number of hydrogen-bond donors (Lipinski definition) is 1. The van der Waals surface area contributed by atoms with E-state index < -0.39 is 0 Å². The third kappa shape index (κ3) is 2.47. The fourth-order valence-corrected chi connectivity index (χ4v) is 3.85. The molecule has 1 fully saturated rings. The Hall–Kier alpha value is -2.81. The summed E-state index contributed by atoms with van der Waals surface area (Å²) in [7, 11) is 0. The molecule has 0 spiro atoms. The molecule has 5 rings (SSSR count). The van der Waals surface area contributed by atoms with Gasteiger partial charge < -0.3 is 10.2 Å². The molecule has 1 N–H and O–H groups in total. The van der Waals surface area contributed by atoms with Crippen molar-refractivity contribution in [3.63, 3.8) is 0 Å². The van der Waals surface area contributed by atoms with Crippen molar-refractivity contribution in [2.45, 2.75) is 6.92 Å². The lowest BCUT2D eigenvalue weighted by Gasteiger charge is -2.40. The molecular formula is C16H16N8S. The van der Waals surface area contributed by atoms with Crippen molar-refractivity contribution < 1.29 is 0 Å². The molecule has 0 unspecified atom stereocenters. The summed E-state index contributed by atoms with van der Waals surface area (Å²) in [4.78, 5) is 11.9. The number of hydrogen-bond acceptors (Lipinski definition) is 8. The number of aromatic nitrogens is 6. The molecule has 9 heteroatoms. The number of anilines is 2. The molecule has 1 aliphatic heterocycles. The van der Waals surface area contributed by atoms with Crippen LogP contribution in [-0.2, 0) is 0 Å². The molecule has 25 heavy (non-hydrogen) atoms. The van der Waals surface area contributed by atoms with E-state index in [1.54, 1.807) is 22.2 Å². The monoisotopic (exact) mass is 352 g/mol. The van der Waals surface area contributed by atoms with E-state index in [-0.39, 0.29) is 0 Å². The molecule has 0 saturated carbocycles. The van der Waals surface area contributed by atoms with Gasteiger partial charge in [0.2, 0.25) is 0 Å². The molecule has 0 atom stereocenters. The quantitative estimate of drug-likeness (QED) is 0.601. The first-order valence-corrected chi connectivity index (χ1v) is 9.02. The second-order valence-electron chi connectivity index (χ2n) is 6.22. The Labute approximate surface area is 147 Å². The first kappa shape index (κ1) is 14.5. The highest BCUT2D eigenvalue weighted by molar-refractivity contribution is 7.16. The fourth-order valence-electron chi connectivity index (χ4n) is 3.11. The SMILES string of the molecule is Cc1nnc2ccc(N3CC(CNc4ncnc5sccc45)C3)nn12. The van der Waals surface area contributed by atoms with Crippen molar-refractivity contribution in [1.82, 2.24) is 29.8 Å². The average molecular weight is 352 g/mol. The molecule has 0 radical (unpaired) electrons. The highest BCUT2D eigenvalue weighted by Crippen LogP contribution is 2.26. The van der Waals surface area contributed by atoms with Crippen LogP contribution in [0.1, 0.15) is 5.82 Å². The van der Waals surface area contributed by atoms with Gasteiger partial charge in [-0.05, 0) is 30.5 Å². The number of nitrogens with one attached hydrogen (secondary N) is 1. The standard InChI is InChI=1S/C16H16N8S/c1-10-20-21-13-2-3-14(22-24(10)13)23-7-11(8-23)6-17-15-12-4-5-25-16(12)19-9-18-15/h2-5,9,11H,6-8H2,1H3,(H,17,18,19). The topological polar surface area (TPSA) is 84.1 Å². The smallest absolute Gasteiger partial charge is 0.178 e. The summed E-state index contributed by atoms with van der Waals surface area (Å²) in [6, 6.07) is 6.03. The number of thiophene rings is 1. The first-order chi connectivity index (χ1) is 12.3. The number of nitrogens with zero attached hydrogens (tertiary/aromatic N) is 7. The minimum absolute atomic E-state index is 0.572. The van der Waals surface area contributed by atoms with Crippen molar-refractivity contribution in [1.29, 1.82) is 0 Å². The van der Waals surface area contributed by atoms with Crippen molar-refractivity contribution in [3.05, 3.63) is 35.7 Å². The third-order valence-corrected chi connectivity index (χ3v) is 5.33. The normalized spacial score (nSPS) is 15.0. The zero-order valence-corrected chi connectivity index (χ0v) is 14.4. The molecule has 1 aliphatic rings. The molecule has 1 saturated heterocycles. The maximum absolute atomic E-state index is 4.62. The van der Waals surface area contributed by atoms with E-state index in [1.165, 1.54) is 0 Å². The van der Waals surface area contributed by atoms with Gasteiger partial charge in [0.05, 0.1) is 5.39 Å². The molecule has 5 heterocycles. The summed E-state index contributed by atoms with van der Waals surface area (Å²) in [6.07, 6.45) is 1.62. The number of rotatable bonds is 4. The van der Waals surface area contributed by atoms with Crippen LogP contribution in [0.5, 0.6) is 0 Å². The van der Waals surface area contributed by atoms with Crippen LogP contribution < -0.4 is 10.2 Å². The zero-order valence-electron chi connectivity index (χ0n) is 13.6. The highest BCUT2D eigenvalue weighted by Gasteiger charge is 2.28. The molecular weight excluding hydrogens is 336 g/mol. The predicted molar refractivity (Wildman–Crippen MR) is 97.1 cm³/mol. The first-order valence-electron chi connectivity index (χ1n) is 8.14. The van der Waals surface area contributed by atoms with Crippen LogP contribution >= 0.6 is 11.3 Å². The van der Waals surface area contributed by atoms with Gasteiger partial charge in [-0.3, -0.25) is 0 Å². The van der Waals surface area contributed by atoms with Crippen LogP contribution in [0.2, 0.25) is 0 Å². The van der Waals surface area contributed by atoms with E-state index in [9.17, 15) is 0 Å². The minimum Gasteiger partial charge on any atom is -0.369 e. The molecule has 0 aromatic carbocycles. The van der Waals surface area contributed by atoms with E-state index in [0.29, 0.717) is 5.92 Å². The Bertz CT molecular complexity index is 1050. The van der Waals surface area contributed by atoms with Crippen LogP contribution in [0, 0.1) is 12.8 Å². The second-order valence-corrected chi connectivity index (χ2v) is 7.12. The van der Waals surface area contributed by atoms with Crippen molar-refractivity contribution in [3.8, 4) is 0 Å². The average Bonchev–Trinajstić information content (AvgIpc) is 3.21. The van der Waals surface area contributed by atoms with Gasteiger partial charge in [0.25, 0.3) is 0 Å². The van der Waals surface area contributed by atoms with Gasteiger partial charge in [-0.15, -0.1) is 26.6 Å². The van der Waals surface area contributed by atoms with Gasteiger partial charge in [0, 0.05) is 25.6 Å².